The van der Waals surface area contributed by atoms with Gasteiger partial charge in [0.15, 0.2) is 5.65 Å². The van der Waals surface area contributed by atoms with E-state index in [-0.39, 0.29) is 5.82 Å². The number of alkyl halides is 1. The zero-order valence-corrected chi connectivity index (χ0v) is 10.8. The molecule has 0 saturated carbocycles. The van der Waals surface area contributed by atoms with Crippen LogP contribution >= 0.6 is 11.6 Å². The molecule has 0 bridgehead atoms. The maximum Gasteiger partial charge on any atom is 0.164 e. The van der Waals surface area contributed by atoms with Crippen LogP contribution in [0.25, 0.3) is 16.9 Å². The van der Waals surface area contributed by atoms with E-state index in [1.54, 1.807) is 29.0 Å². The molecule has 2 heterocycles. The number of rotatable bonds is 3. The van der Waals surface area contributed by atoms with Crippen LogP contribution in [0.1, 0.15) is 5.82 Å². The summed E-state index contributed by atoms with van der Waals surface area (Å²) in [6.45, 7) is 0. The standard InChI is InChI=1S/C14H11ClFN3/c15-8-7-13-18-11-5-3-9-17-14(11)19(13)12-6-2-1-4-10(12)16/h1-6,9H,7-8H2. The third kappa shape index (κ3) is 2.08. The largest absolute Gasteiger partial charge is 0.278 e. The van der Waals surface area contributed by atoms with Crippen LogP contribution < -0.4 is 0 Å². The van der Waals surface area contributed by atoms with E-state index in [9.17, 15) is 4.39 Å². The molecule has 0 unspecified atom stereocenters. The number of hydrogen-bond acceptors (Lipinski definition) is 2. The molecule has 2 aromatic heterocycles. The van der Waals surface area contributed by atoms with E-state index in [4.69, 9.17) is 11.6 Å². The molecule has 3 aromatic rings. The Morgan fingerprint density at radius 1 is 1.16 bits per heavy atom. The van der Waals surface area contributed by atoms with Gasteiger partial charge >= 0.3 is 0 Å². The second-order valence-corrected chi connectivity index (χ2v) is 4.48. The minimum atomic E-state index is -0.303. The van der Waals surface area contributed by atoms with Crippen LogP contribution in [0.2, 0.25) is 0 Å². The fourth-order valence-corrected chi connectivity index (χ4v) is 2.27. The average Bonchev–Trinajstić information content (AvgIpc) is 2.78. The van der Waals surface area contributed by atoms with Crippen LogP contribution in [-0.2, 0) is 6.42 Å². The van der Waals surface area contributed by atoms with Gasteiger partial charge in [0.05, 0.1) is 5.69 Å². The highest BCUT2D eigenvalue weighted by molar-refractivity contribution is 6.17. The monoisotopic (exact) mass is 275 g/mol. The van der Waals surface area contributed by atoms with Crippen LogP contribution in [0.3, 0.4) is 0 Å². The van der Waals surface area contributed by atoms with Crippen molar-refractivity contribution in [3.8, 4) is 5.69 Å². The number of benzene rings is 1. The molecule has 0 saturated heterocycles. The second-order valence-electron chi connectivity index (χ2n) is 4.10. The van der Waals surface area contributed by atoms with Crippen molar-refractivity contribution in [1.29, 1.82) is 0 Å². The number of pyridine rings is 1. The zero-order valence-electron chi connectivity index (χ0n) is 10.1. The smallest absolute Gasteiger partial charge is 0.164 e. The summed E-state index contributed by atoms with van der Waals surface area (Å²) in [6, 6.07) is 10.3. The summed E-state index contributed by atoms with van der Waals surface area (Å²) in [7, 11) is 0. The lowest BCUT2D eigenvalue weighted by molar-refractivity contribution is 0.616. The summed E-state index contributed by atoms with van der Waals surface area (Å²) in [4.78, 5) is 8.76. The van der Waals surface area contributed by atoms with Gasteiger partial charge in [-0.1, -0.05) is 12.1 Å². The molecule has 0 radical (unpaired) electrons. The number of aryl methyl sites for hydroxylation is 1. The van der Waals surface area contributed by atoms with Crippen LogP contribution in [0.5, 0.6) is 0 Å². The number of halogens is 2. The summed E-state index contributed by atoms with van der Waals surface area (Å²) in [5, 5.41) is 0. The Hall–Kier alpha value is -1.94. The van der Waals surface area contributed by atoms with E-state index in [1.807, 2.05) is 12.1 Å². The Morgan fingerprint density at radius 3 is 2.79 bits per heavy atom. The molecule has 0 amide bonds. The number of aromatic nitrogens is 3. The lowest BCUT2D eigenvalue weighted by Gasteiger charge is -2.08. The predicted molar refractivity (Wildman–Crippen MR) is 73.2 cm³/mol. The molecule has 0 aliphatic rings. The molecule has 5 heteroatoms. The van der Waals surface area contributed by atoms with Gasteiger partial charge in [0.2, 0.25) is 0 Å². The minimum absolute atomic E-state index is 0.303. The van der Waals surface area contributed by atoms with Gasteiger partial charge < -0.3 is 0 Å². The zero-order chi connectivity index (χ0) is 13.2. The molecule has 0 aliphatic carbocycles. The highest BCUT2D eigenvalue weighted by Gasteiger charge is 2.15. The van der Waals surface area contributed by atoms with Gasteiger partial charge in [-0.3, -0.25) is 4.57 Å². The van der Waals surface area contributed by atoms with E-state index < -0.39 is 0 Å². The van der Waals surface area contributed by atoms with E-state index in [0.29, 0.717) is 29.5 Å². The summed E-state index contributed by atoms with van der Waals surface area (Å²) < 4.78 is 15.7. The molecular weight excluding hydrogens is 265 g/mol. The van der Waals surface area contributed by atoms with Gasteiger partial charge in [0, 0.05) is 18.5 Å². The van der Waals surface area contributed by atoms with E-state index in [2.05, 4.69) is 9.97 Å². The minimum Gasteiger partial charge on any atom is -0.278 e. The third-order valence-electron chi connectivity index (χ3n) is 2.90. The van der Waals surface area contributed by atoms with Crippen LogP contribution in [0.15, 0.2) is 42.6 Å². The second kappa shape index (κ2) is 4.97. The topological polar surface area (TPSA) is 30.7 Å². The summed E-state index contributed by atoms with van der Waals surface area (Å²) in [5.41, 5.74) is 1.84. The number of fused-ring (bicyclic) bond motifs is 1. The van der Waals surface area contributed by atoms with Gasteiger partial charge in [-0.25, -0.2) is 14.4 Å². The molecule has 0 aliphatic heterocycles. The highest BCUT2D eigenvalue weighted by atomic mass is 35.5. The van der Waals surface area contributed by atoms with Crippen molar-refractivity contribution in [2.24, 2.45) is 0 Å². The van der Waals surface area contributed by atoms with E-state index in [1.165, 1.54) is 6.07 Å². The molecule has 0 N–H and O–H groups in total. The van der Waals surface area contributed by atoms with Crippen LogP contribution in [-0.4, -0.2) is 20.4 Å². The first-order valence-corrected chi connectivity index (χ1v) is 6.48. The van der Waals surface area contributed by atoms with Gasteiger partial charge in [0.1, 0.15) is 17.2 Å². The summed E-state index contributed by atoms with van der Waals surface area (Å²) in [6.07, 6.45) is 2.23. The van der Waals surface area contributed by atoms with Crippen molar-refractivity contribution in [2.45, 2.75) is 6.42 Å². The number of para-hydroxylation sites is 1. The van der Waals surface area contributed by atoms with Crippen molar-refractivity contribution < 1.29 is 4.39 Å². The number of imidazole rings is 1. The molecule has 0 fully saturated rings. The maximum atomic E-state index is 14.0. The molecule has 3 nitrogen and oxygen atoms in total. The Morgan fingerprint density at radius 2 is 2.00 bits per heavy atom. The molecule has 3 rings (SSSR count). The van der Waals surface area contributed by atoms with Crippen molar-refractivity contribution in [1.82, 2.24) is 14.5 Å². The third-order valence-corrected chi connectivity index (χ3v) is 3.09. The average molecular weight is 276 g/mol. The summed E-state index contributed by atoms with van der Waals surface area (Å²) >= 11 is 5.80. The Kier molecular flexibility index (Phi) is 3.17. The highest BCUT2D eigenvalue weighted by Crippen LogP contribution is 2.22. The van der Waals surface area contributed by atoms with Crippen molar-refractivity contribution >= 4 is 22.8 Å². The van der Waals surface area contributed by atoms with Crippen molar-refractivity contribution in [3.05, 3.63) is 54.2 Å². The first kappa shape index (κ1) is 12.1. The van der Waals surface area contributed by atoms with Crippen molar-refractivity contribution in [3.63, 3.8) is 0 Å². The molecule has 0 atom stereocenters. The Bertz CT molecular complexity index is 724. The molecule has 0 spiro atoms. The van der Waals surface area contributed by atoms with Crippen molar-refractivity contribution in [2.75, 3.05) is 5.88 Å². The van der Waals surface area contributed by atoms with Gasteiger partial charge in [-0.15, -0.1) is 11.6 Å². The molecule has 96 valence electrons. The summed E-state index contributed by atoms with van der Waals surface area (Å²) in [5.74, 6) is 0.842. The normalized spacial score (nSPS) is 11.1. The van der Waals surface area contributed by atoms with Gasteiger partial charge in [0.25, 0.3) is 0 Å². The lowest BCUT2D eigenvalue weighted by Crippen LogP contribution is -2.04. The number of hydrogen-bond donors (Lipinski definition) is 0. The van der Waals surface area contributed by atoms with Crippen LogP contribution in [0.4, 0.5) is 4.39 Å². The Balaban J connectivity index is 2.31. The first-order chi connectivity index (χ1) is 9.31. The van der Waals surface area contributed by atoms with Gasteiger partial charge in [-0.05, 0) is 24.3 Å². The fourth-order valence-electron chi connectivity index (χ4n) is 2.10. The predicted octanol–water partition coefficient (Wildman–Crippen LogP) is 3.34. The SMILES string of the molecule is Fc1ccccc1-n1c(CCCl)nc2cccnc21. The van der Waals surface area contributed by atoms with E-state index in [0.717, 1.165) is 5.52 Å². The first-order valence-electron chi connectivity index (χ1n) is 5.94. The molecule has 19 heavy (non-hydrogen) atoms. The quantitative estimate of drug-likeness (QED) is 0.687. The fraction of sp³-hybridized carbons (Fsp3) is 0.143. The van der Waals surface area contributed by atoms with E-state index >= 15 is 0 Å². The Labute approximate surface area is 114 Å². The lowest BCUT2D eigenvalue weighted by atomic mass is 10.3. The van der Waals surface area contributed by atoms with Gasteiger partial charge in [-0.2, -0.15) is 0 Å². The van der Waals surface area contributed by atoms with Crippen LogP contribution in [0, 0.1) is 5.82 Å². The molecular formula is C14H11ClFN3. The maximum absolute atomic E-state index is 14.0. The molecule has 1 aromatic carbocycles. The number of nitrogens with zero attached hydrogens (tertiary/aromatic N) is 3.